The molecule has 2 aromatic carbocycles. The molecule has 0 aliphatic carbocycles. The molecule has 21 heavy (non-hydrogen) atoms. The summed E-state index contributed by atoms with van der Waals surface area (Å²) >= 11 is 6.07. The van der Waals surface area contributed by atoms with E-state index in [4.69, 9.17) is 11.6 Å². The quantitative estimate of drug-likeness (QED) is 0.931. The van der Waals surface area contributed by atoms with Crippen LogP contribution in [0.3, 0.4) is 0 Å². The number of hydrogen-bond donors (Lipinski definition) is 1. The fraction of sp³-hybridized carbons (Fsp3) is 0.188. The van der Waals surface area contributed by atoms with Crippen LogP contribution in [0.2, 0.25) is 5.02 Å². The van der Waals surface area contributed by atoms with Crippen molar-refractivity contribution in [2.75, 3.05) is 11.6 Å². The molecule has 5 heteroatoms. The molecule has 0 spiro atoms. The Bertz CT molecular complexity index is 700. The number of benzene rings is 2. The molecule has 1 N–H and O–H groups in total. The SMILES string of the molecule is Cc1cccc(C(=O)Nc2ccc(Cl)c(CS(C)=O)c2)c1. The Morgan fingerprint density at radius 1 is 1.24 bits per heavy atom. The van der Waals surface area contributed by atoms with Gasteiger partial charge in [0, 0.05) is 39.1 Å². The molecule has 0 heterocycles. The highest BCUT2D eigenvalue weighted by molar-refractivity contribution is 7.83. The minimum absolute atomic E-state index is 0.176. The van der Waals surface area contributed by atoms with Crippen molar-refractivity contribution in [3.8, 4) is 0 Å². The zero-order chi connectivity index (χ0) is 15.4. The van der Waals surface area contributed by atoms with Crippen LogP contribution < -0.4 is 5.32 Å². The Morgan fingerprint density at radius 3 is 2.67 bits per heavy atom. The number of hydrogen-bond acceptors (Lipinski definition) is 2. The lowest BCUT2D eigenvalue weighted by Gasteiger charge is -2.09. The molecular weight excluding hydrogens is 306 g/mol. The predicted octanol–water partition coefficient (Wildman–Crippen LogP) is 3.78. The largest absolute Gasteiger partial charge is 0.322 e. The van der Waals surface area contributed by atoms with E-state index in [1.807, 2.05) is 25.1 Å². The first-order valence-electron chi connectivity index (χ1n) is 6.42. The van der Waals surface area contributed by atoms with E-state index in [2.05, 4.69) is 5.32 Å². The van der Waals surface area contributed by atoms with Crippen LogP contribution in [-0.2, 0) is 16.6 Å². The van der Waals surface area contributed by atoms with E-state index in [9.17, 15) is 9.00 Å². The fourth-order valence-corrected chi connectivity index (χ4v) is 2.91. The molecule has 1 atom stereocenters. The topological polar surface area (TPSA) is 46.2 Å². The molecule has 0 saturated carbocycles. The molecule has 1 unspecified atom stereocenters. The molecule has 2 aromatic rings. The third-order valence-electron chi connectivity index (χ3n) is 2.94. The van der Waals surface area contributed by atoms with Crippen molar-refractivity contribution in [1.29, 1.82) is 0 Å². The standard InChI is InChI=1S/C16H16ClNO2S/c1-11-4-3-5-12(8-11)16(19)18-14-6-7-15(17)13(9-14)10-21(2)20/h3-9H,10H2,1-2H3,(H,18,19). The second-order valence-corrected chi connectivity index (χ2v) is 6.69. The van der Waals surface area contributed by atoms with Crippen LogP contribution in [0.1, 0.15) is 21.5 Å². The Balaban J connectivity index is 2.19. The van der Waals surface area contributed by atoms with Crippen molar-refractivity contribution in [3.05, 3.63) is 64.2 Å². The fourth-order valence-electron chi connectivity index (χ4n) is 1.97. The third-order valence-corrected chi connectivity index (χ3v) is 4.03. The Hall–Kier alpha value is -1.65. The van der Waals surface area contributed by atoms with Gasteiger partial charge in [-0.1, -0.05) is 29.3 Å². The van der Waals surface area contributed by atoms with Crippen molar-refractivity contribution in [3.63, 3.8) is 0 Å². The summed E-state index contributed by atoms with van der Waals surface area (Å²) in [5.41, 5.74) is 3.04. The van der Waals surface area contributed by atoms with Gasteiger partial charge in [-0.3, -0.25) is 9.00 Å². The summed E-state index contributed by atoms with van der Waals surface area (Å²) in [6, 6.07) is 12.6. The molecule has 1 amide bonds. The number of carbonyl (C=O) groups is 1. The molecule has 0 aliphatic heterocycles. The monoisotopic (exact) mass is 321 g/mol. The van der Waals surface area contributed by atoms with Crippen LogP contribution in [0.4, 0.5) is 5.69 Å². The zero-order valence-corrected chi connectivity index (χ0v) is 13.4. The van der Waals surface area contributed by atoms with Crippen molar-refractivity contribution < 1.29 is 9.00 Å². The number of nitrogens with one attached hydrogen (secondary N) is 1. The summed E-state index contributed by atoms with van der Waals surface area (Å²) in [5, 5.41) is 3.38. The number of carbonyl (C=O) groups excluding carboxylic acids is 1. The molecule has 3 nitrogen and oxygen atoms in total. The number of rotatable bonds is 4. The molecule has 2 rings (SSSR count). The summed E-state index contributed by atoms with van der Waals surface area (Å²) < 4.78 is 11.3. The highest BCUT2D eigenvalue weighted by Crippen LogP contribution is 2.22. The van der Waals surface area contributed by atoms with Gasteiger partial charge in [0.15, 0.2) is 0 Å². The van der Waals surface area contributed by atoms with E-state index in [1.165, 1.54) is 0 Å². The van der Waals surface area contributed by atoms with Gasteiger partial charge in [0.25, 0.3) is 5.91 Å². The van der Waals surface area contributed by atoms with E-state index in [0.717, 1.165) is 11.1 Å². The molecule has 0 fully saturated rings. The first kappa shape index (κ1) is 15.7. The van der Waals surface area contributed by atoms with Crippen molar-refractivity contribution in [1.82, 2.24) is 0 Å². The van der Waals surface area contributed by atoms with Gasteiger partial charge < -0.3 is 5.32 Å². The van der Waals surface area contributed by atoms with Crippen LogP contribution in [-0.4, -0.2) is 16.4 Å². The lowest BCUT2D eigenvalue weighted by molar-refractivity contribution is 0.102. The van der Waals surface area contributed by atoms with Crippen molar-refractivity contribution in [2.24, 2.45) is 0 Å². The first-order valence-corrected chi connectivity index (χ1v) is 8.52. The summed E-state index contributed by atoms with van der Waals surface area (Å²) in [5.74, 6) is 0.192. The van der Waals surface area contributed by atoms with Crippen LogP contribution in [0.25, 0.3) is 0 Å². The average Bonchev–Trinajstić information content (AvgIpc) is 2.42. The molecule has 110 valence electrons. The van der Waals surface area contributed by atoms with Crippen molar-refractivity contribution in [2.45, 2.75) is 12.7 Å². The number of aryl methyl sites for hydroxylation is 1. The van der Waals surface area contributed by atoms with E-state index in [0.29, 0.717) is 22.0 Å². The molecule has 0 radical (unpaired) electrons. The van der Waals surface area contributed by atoms with E-state index in [-0.39, 0.29) is 5.91 Å². The van der Waals surface area contributed by atoms with E-state index < -0.39 is 10.8 Å². The summed E-state index contributed by atoms with van der Waals surface area (Å²) in [6.07, 6.45) is 1.62. The minimum Gasteiger partial charge on any atom is -0.322 e. The smallest absolute Gasteiger partial charge is 0.255 e. The Labute approximate surface area is 131 Å². The highest BCUT2D eigenvalue weighted by Gasteiger charge is 2.09. The maximum absolute atomic E-state index is 12.2. The summed E-state index contributed by atoms with van der Waals surface area (Å²) in [7, 11) is -0.984. The number of halogens is 1. The molecule has 0 aromatic heterocycles. The predicted molar refractivity (Wildman–Crippen MR) is 88.4 cm³/mol. The molecule has 0 aliphatic rings. The Kier molecular flexibility index (Phi) is 5.15. The zero-order valence-electron chi connectivity index (χ0n) is 11.9. The lowest BCUT2D eigenvalue weighted by atomic mass is 10.1. The van der Waals surface area contributed by atoms with Gasteiger partial charge >= 0.3 is 0 Å². The van der Waals surface area contributed by atoms with Crippen LogP contribution in [0.15, 0.2) is 42.5 Å². The van der Waals surface area contributed by atoms with Crippen molar-refractivity contribution >= 4 is 34.0 Å². The van der Waals surface area contributed by atoms with Crippen LogP contribution >= 0.6 is 11.6 Å². The number of anilines is 1. The van der Waals surface area contributed by atoms with Gasteiger partial charge in [0.2, 0.25) is 0 Å². The average molecular weight is 322 g/mol. The van der Waals surface area contributed by atoms with Crippen LogP contribution in [0, 0.1) is 6.92 Å². The van der Waals surface area contributed by atoms with Gasteiger partial charge in [-0.15, -0.1) is 0 Å². The van der Waals surface area contributed by atoms with Gasteiger partial charge in [0.05, 0.1) is 0 Å². The van der Waals surface area contributed by atoms with Gasteiger partial charge in [0.1, 0.15) is 0 Å². The first-order chi connectivity index (χ1) is 9.95. The van der Waals surface area contributed by atoms with E-state index in [1.54, 1.807) is 30.5 Å². The maximum Gasteiger partial charge on any atom is 0.255 e. The molecule has 0 bridgehead atoms. The minimum atomic E-state index is -0.984. The van der Waals surface area contributed by atoms with Gasteiger partial charge in [-0.2, -0.15) is 0 Å². The summed E-state index contributed by atoms with van der Waals surface area (Å²) in [6.45, 7) is 1.94. The highest BCUT2D eigenvalue weighted by atomic mass is 35.5. The maximum atomic E-state index is 12.2. The van der Waals surface area contributed by atoms with Gasteiger partial charge in [-0.25, -0.2) is 0 Å². The second kappa shape index (κ2) is 6.87. The summed E-state index contributed by atoms with van der Waals surface area (Å²) in [4.78, 5) is 12.2. The molecule has 0 saturated heterocycles. The normalized spacial score (nSPS) is 12.0. The van der Waals surface area contributed by atoms with E-state index >= 15 is 0 Å². The van der Waals surface area contributed by atoms with Gasteiger partial charge in [-0.05, 0) is 42.8 Å². The number of amides is 1. The third kappa shape index (κ3) is 4.41. The Morgan fingerprint density at radius 2 is 2.00 bits per heavy atom. The molecular formula is C16H16ClNO2S. The second-order valence-electron chi connectivity index (χ2n) is 4.85. The van der Waals surface area contributed by atoms with Crippen LogP contribution in [0.5, 0.6) is 0 Å². The lowest BCUT2D eigenvalue weighted by Crippen LogP contribution is -2.12.